The molecule has 1 N–H and O–H groups in total. The van der Waals surface area contributed by atoms with Gasteiger partial charge in [-0.3, -0.25) is 0 Å². The van der Waals surface area contributed by atoms with Gasteiger partial charge in [0.1, 0.15) is 0 Å². The lowest BCUT2D eigenvalue weighted by Gasteiger charge is -2.40. The summed E-state index contributed by atoms with van der Waals surface area (Å²) in [5.74, 6) is 0.323. The summed E-state index contributed by atoms with van der Waals surface area (Å²) in [6, 6.07) is 7.26. The fourth-order valence-corrected chi connectivity index (χ4v) is 6.17. The number of nitrogens with zero attached hydrogens (tertiary/aromatic N) is 2. The number of rotatable bonds is 13. The van der Waals surface area contributed by atoms with Crippen molar-refractivity contribution in [3.05, 3.63) is 47.5 Å². The zero-order valence-electron chi connectivity index (χ0n) is 26.3. The van der Waals surface area contributed by atoms with Crippen molar-refractivity contribution in [3.8, 4) is 0 Å². The molecule has 3 rings (SSSR count). The first kappa shape index (κ1) is 34.6. The summed E-state index contributed by atoms with van der Waals surface area (Å²) in [4.78, 5) is 5.22. The first-order valence-corrected chi connectivity index (χ1v) is 16.0. The number of benzene rings is 1. The van der Waals surface area contributed by atoms with Crippen molar-refractivity contribution >= 4 is 12.2 Å². The Morgan fingerprint density at radius 1 is 0.974 bits per heavy atom. The summed E-state index contributed by atoms with van der Waals surface area (Å²) in [5, 5.41) is 11.6. The first-order chi connectivity index (χ1) is 18.4. The number of allylic oxidation sites excluding steroid dienone is 1. The summed E-state index contributed by atoms with van der Waals surface area (Å²) in [5.41, 5.74) is 3.18. The largest absolute Gasteiger partial charge is 0.390 e. The molecular weight excluding hydrogens is 464 g/mol. The van der Waals surface area contributed by atoms with Gasteiger partial charge in [0, 0.05) is 6.04 Å². The van der Waals surface area contributed by atoms with Crippen LogP contribution in [0, 0.1) is 12.8 Å². The second kappa shape index (κ2) is 19.6. The van der Waals surface area contributed by atoms with Crippen LogP contribution in [0.3, 0.4) is 0 Å². The van der Waals surface area contributed by atoms with Crippen molar-refractivity contribution in [3.63, 3.8) is 0 Å². The van der Waals surface area contributed by atoms with Crippen LogP contribution in [0.5, 0.6) is 0 Å². The Morgan fingerprint density at radius 2 is 1.61 bits per heavy atom. The van der Waals surface area contributed by atoms with Crippen LogP contribution < -0.4 is 0 Å². The van der Waals surface area contributed by atoms with Gasteiger partial charge in [0.2, 0.25) is 0 Å². The third-order valence-electron chi connectivity index (χ3n) is 8.49. The summed E-state index contributed by atoms with van der Waals surface area (Å²) in [7, 11) is 2.28. The maximum Gasteiger partial charge on any atom is 0.0679 e. The lowest BCUT2D eigenvalue weighted by molar-refractivity contribution is -0.0531. The van der Waals surface area contributed by atoms with Gasteiger partial charge < -0.3 is 14.9 Å². The van der Waals surface area contributed by atoms with Crippen LogP contribution in [0.25, 0.3) is 12.2 Å². The summed E-state index contributed by atoms with van der Waals surface area (Å²) in [6.07, 6.45) is 19.3. The minimum atomic E-state index is -0.501. The predicted molar refractivity (Wildman–Crippen MR) is 171 cm³/mol. The smallest absolute Gasteiger partial charge is 0.0679 e. The van der Waals surface area contributed by atoms with Crippen molar-refractivity contribution in [1.82, 2.24) is 9.80 Å². The average molecular weight is 527 g/mol. The fraction of sp³-hybridized carbons (Fsp3) is 0.714. The SMILES string of the molecule is C=Cc1ccc(C)cc1/C=C\CC(CCN(C)CCC(CC)N1CCCC1)C1(O)CCCCC1.CC.CC. The van der Waals surface area contributed by atoms with Crippen LogP contribution in [0.2, 0.25) is 0 Å². The van der Waals surface area contributed by atoms with Gasteiger partial charge in [-0.05, 0) is 109 Å². The van der Waals surface area contributed by atoms with Crippen molar-refractivity contribution in [2.75, 3.05) is 33.2 Å². The maximum absolute atomic E-state index is 11.6. The van der Waals surface area contributed by atoms with Crippen LogP contribution in [0.1, 0.15) is 122 Å². The van der Waals surface area contributed by atoms with E-state index in [4.69, 9.17) is 0 Å². The van der Waals surface area contributed by atoms with E-state index in [1.807, 2.05) is 33.8 Å². The lowest BCUT2D eigenvalue weighted by atomic mass is 9.73. The van der Waals surface area contributed by atoms with Crippen LogP contribution in [0.15, 0.2) is 30.9 Å². The first-order valence-electron chi connectivity index (χ1n) is 16.0. The van der Waals surface area contributed by atoms with E-state index in [2.05, 4.69) is 67.6 Å². The maximum atomic E-state index is 11.6. The molecule has 0 amide bonds. The predicted octanol–water partition coefficient (Wildman–Crippen LogP) is 8.99. The molecule has 38 heavy (non-hydrogen) atoms. The molecule has 3 heteroatoms. The molecule has 2 aliphatic rings. The van der Waals surface area contributed by atoms with E-state index < -0.39 is 5.60 Å². The molecule has 0 spiro atoms. The quantitative estimate of drug-likeness (QED) is 0.278. The van der Waals surface area contributed by atoms with Gasteiger partial charge in [-0.25, -0.2) is 0 Å². The van der Waals surface area contributed by atoms with Gasteiger partial charge in [0.15, 0.2) is 0 Å². The van der Waals surface area contributed by atoms with Crippen LogP contribution in [-0.4, -0.2) is 59.8 Å². The molecule has 0 aromatic heterocycles. The highest BCUT2D eigenvalue weighted by Gasteiger charge is 2.36. The van der Waals surface area contributed by atoms with Crippen molar-refractivity contribution < 1.29 is 5.11 Å². The van der Waals surface area contributed by atoms with Gasteiger partial charge in [-0.1, -0.05) is 102 Å². The van der Waals surface area contributed by atoms with Gasteiger partial charge in [0.25, 0.3) is 0 Å². The molecule has 1 aliphatic heterocycles. The Kier molecular flexibility index (Phi) is 17.9. The second-order valence-corrected chi connectivity index (χ2v) is 11.0. The highest BCUT2D eigenvalue weighted by atomic mass is 16.3. The standard InChI is InChI=1S/C31H50N2O.2C2H6/c1-5-27-16-15-26(3)25-28(27)13-12-14-29(31(34)19-8-7-9-20-31)17-23-32(4)24-18-30(6-2)33-21-10-11-22-33;2*1-2/h5,12-13,15-16,25,29-30,34H,1,6-11,14,17-24H2,2-4H3;2*1-2H3/b13-12-;;. The molecule has 0 radical (unpaired) electrons. The minimum absolute atomic E-state index is 0.323. The molecule has 2 fully saturated rings. The van der Waals surface area contributed by atoms with Crippen LogP contribution in [0.4, 0.5) is 0 Å². The number of aliphatic hydroxyl groups is 1. The zero-order chi connectivity index (χ0) is 28.4. The number of hydrogen-bond acceptors (Lipinski definition) is 3. The van der Waals surface area contributed by atoms with E-state index in [1.54, 1.807) is 0 Å². The molecule has 1 saturated carbocycles. The molecule has 1 heterocycles. The van der Waals surface area contributed by atoms with Crippen LogP contribution >= 0.6 is 0 Å². The van der Waals surface area contributed by atoms with E-state index in [9.17, 15) is 5.11 Å². The molecular formula is C35H62N2O. The molecule has 1 aliphatic carbocycles. The highest BCUT2D eigenvalue weighted by Crippen LogP contribution is 2.38. The third kappa shape index (κ3) is 11.4. The Labute approximate surface area is 237 Å². The minimum Gasteiger partial charge on any atom is -0.390 e. The molecule has 218 valence electrons. The third-order valence-corrected chi connectivity index (χ3v) is 8.49. The Morgan fingerprint density at radius 3 is 2.21 bits per heavy atom. The van der Waals surface area contributed by atoms with E-state index in [-0.39, 0.29) is 0 Å². The number of likely N-dealkylation sites (tertiary alicyclic amines) is 1. The molecule has 1 saturated heterocycles. The zero-order valence-corrected chi connectivity index (χ0v) is 26.3. The average Bonchev–Trinajstić information content (AvgIpc) is 3.48. The van der Waals surface area contributed by atoms with Gasteiger partial charge in [0.05, 0.1) is 5.60 Å². The normalized spacial score (nSPS) is 18.9. The molecule has 2 unspecified atom stereocenters. The van der Waals surface area contributed by atoms with Crippen LogP contribution in [-0.2, 0) is 0 Å². The molecule has 1 aromatic rings. The summed E-state index contributed by atoms with van der Waals surface area (Å²) < 4.78 is 0. The van der Waals surface area contributed by atoms with Gasteiger partial charge in [-0.2, -0.15) is 0 Å². The molecule has 2 atom stereocenters. The molecule has 1 aromatic carbocycles. The van der Waals surface area contributed by atoms with Crippen molar-refractivity contribution in [2.24, 2.45) is 5.92 Å². The van der Waals surface area contributed by atoms with E-state index in [1.165, 1.54) is 74.7 Å². The van der Waals surface area contributed by atoms with Crippen molar-refractivity contribution in [2.45, 2.75) is 124 Å². The number of aryl methyl sites for hydroxylation is 1. The fourth-order valence-electron chi connectivity index (χ4n) is 6.17. The number of hydrogen-bond donors (Lipinski definition) is 1. The summed E-state index contributed by atoms with van der Waals surface area (Å²) >= 11 is 0. The highest BCUT2D eigenvalue weighted by molar-refractivity contribution is 5.65. The Hall–Kier alpha value is -1.42. The Balaban J connectivity index is 0.00000172. The summed E-state index contributed by atoms with van der Waals surface area (Å²) in [6.45, 7) is 21.3. The van der Waals surface area contributed by atoms with Crippen molar-refractivity contribution in [1.29, 1.82) is 0 Å². The van der Waals surface area contributed by atoms with E-state index >= 15 is 0 Å². The lowest BCUT2D eigenvalue weighted by Crippen LogP contribution is -2.41. The topological polar surface area (TPSA) is 26.7 Å². The van der Waals surface area contributed by atoms with E-state index in [0.717, 1.165) is 44.8 Å². The van der Waals surface area contributed by atoms with E-state index in [0.29, 0.717) is 5.92 Å². The van der Waals surface area contributed by atoms with Gasteiger partial charge >= 0.3 is 0 Å². The van der Waals surface area contributed by atoms with Gasteiger partial charge in [-0.15, -0.1) is 0 Å². The molecule has 3 nitrogen and oxygen atoms in total. The Bertz CT molecular complexity index is 774. The molecule has 0 bridgehead atoms. The monoisotopic (exact) mass is 526 g/mol. The second-order valence-electron chi connectivity index (χ2n) is 11.0.